The summed E-state index contributed by atoms with van der Waals surface area (Å²) in [6.45, 7) is 2.26. The van der Waals surface area contributed by atoms with Crippen molar-refractivity contribution in [1.82, 2.24) is 0 Å². The number of carbonyl (C=O) groups is 1. The van der Waals surface area contributed by atoms with Crippen molar-refractivity contribution in [1.29, 1.82) is 0 Å². The van der Waals surface area contributed by atoms with Crippen LogP contribution in [-0.4, -0.2) is 31.1 Å². The number of rotatable bonds is 18. The van der Waals surface area contributed by atoms with Gasteiger partial charge >= 0.3 is 34.6 Å². The van der Waals surface area contributed by atoms with Crippen molar-refractivity contribution in [3.05, 3.63) is 12.2 Å². The molecule has 0 fully saturated rings. The fourth-order valence-electron chi connectivity index (χ4n) is 2.85. The number of hydrogen-bond donors (Lipinski definition) is 0. The molecule has 28 heavy (non-hydrogen) atoms. The summed E-state index contributed by atoms with van der Waals surface area (Å²) in [7, 11) is 0. The third-order valence-corrected chi connectivity index (χ3v) is 4.82. The van der Waals surface area contributed by atoms with Crippen LogP contribution in [0.2, 0.25) is 14.8 Å². The quantitative estimate of drug-likeness (QED) is 0.0839. The Morgan fingerprint density at radius 1 is 0.821 bits per heavy atom. The molecule has 0 aliphatic rings. The standard InChI is InChI=1S/C21H38O2S.3CH3.Sn/c1-2-3-4-5-6-7-8-9-10-11-12-13-14-15-16-17-18-20(19-24)21(22)23;;;;/h9-10,19-20H,2-8,11-18H2,1H3,(H,22,23);3*1H3;/q;;;;+1/p-1/b10-9-;;;;. The van der Waals surface area contributed by atoms with Crippen molar-refractivity contribution in [2.24, 2.45) is 5.92 Å². The Labute approximate surface area is 188 Å². The number of thiocarbonyl (C=S) groups is 1. The van der Waals surface area contributed by atoms with E-state index in [4.69, 9.17) is 12.2 Å². The van der Waals surface area contributed by atoms with Crippen molar-refractivity contribution in [3.8, 4) is 0 Å². The first-order chi connectivity index (χ1) is 13.5. The summed E-state index contributed by atoms with van der Waals surface area (Å²) < 4.78 is 0. The van der Waals surface area contributed by atoms with E-state index in [0.717, 1.165) is 12.8 Å². The number of aliphatic carboxylic acids is 1. The van der Waals surface area contributed by atoms with Crippen LogP contribution < -0.4 is 5.11 Å². The van der Waals surface area contributed by atoms with Gasteiger partial charge in [0.1, 0.15) is 0 Å². The van der Waals surface area contributed by atoms with Gasteiger partial charge in [0.15, 0.2) is 0 Å². The molecule has 0 bridgehead atoms. The molecular formula is C24H46O2SSn. The van der Waals surface area contributed by atoms with Gasteiger partial charge in [-0.15, -0.1) is 0 Å². The van der Waals surface area contributed by atoms with Crippen molar-refractivity contribution < 1.29 is 9.90 Å². The number of allylic oxidation sites excluding steroid dienone is 2. The van der Waals surface area contributed by atoms with Crippen LogP contribution in [0.1, 0.15) is 103 Å². The predicted molar refractivity (Wildman–Crippen MR) is 130 cm³/mol. The summed E-state index contributed by atoms with van der Waals surface area (Å²) >= 11 is 4.16. The van der Waals surface area contributed by atoms with Gasteiger partial charge in [-0.1, -0.05) is 95.5 Å². The molecule has 2 nitrogen and oxygen atoms in total. The zero-order valence-electron chi connectivity index (χ0n) is 19.1. The summed E-state index contributed by atoms with van der Waals surface area (Å²) in [4.78, 5) is 17.8. The first-order valence-electron chi connectivity index (χ1n) is 11.5. The predicted octanol–water partition coefficient (Wildman–Crippen LogP) is 7.15. The molecule has 1 atom stereocenters. The van der Waals surface area contributed by atoms with Gasteiger partial charge in [0, 0.05) is 11.9 Å². The van der Waals surface area contributed by atoms with Crippen LogP contribution in [0.25, 0.3) is 0 Å². The minimum atomic E-state index is -1.03. The van der Waals surface area contributed by atoms with Gasteiger partial charge in [-0.2, -0.15) is 0 Å². The molecule has 0 saturated heterocycles. The van der Waals surface area contributed by atoms with E-state index in [2.05, 4.69) is 33.9 Å². The zero-order valence-corrected chi connectivity index (χ0v) is 22.8. The maximum absolute atomic E-state index is 10.7. The van der Waals surface area contributed by atoms with E-state index >= 15 is 0 Å². The van der Waals surface area contributed by atoms with E-state index in [9.17, 15) is 9.90 Å². The molecule has 4 heteroatoms. The second-order valence-corrected chi connectivity index (χ2v) is 17.1. The molecule has 0 amide bonds. The first-order valence-corrected chi connectivity index (χ1v) is 20.6. The van der Waals surface area contributed by atoms with Gasteiger partial charge in [0.05, 0.1) is 0 Å². The molecule has 0 radical (unpaired) electrons. The third kappa shape index (κ3) is 28.3. The normalized spacial score (nSPS) is 11.7. The van der Waals surface area contributed by atoms with Crippen molar-refractivity contribution >= 4 is 43.3 Å². The van der Waals surface area contributed by atoms with Crippen LogP contribution in [0.3, 0.4) is 0 Å². The number of carbonyl (C=O) groups excluding carboxylic acids is 1. The Balaban J connectivity index is 0. The average molecular weight is 517 g/mol. The monoisotopic (exact) mass is 518 g/mol. The van der Waals surface area contributed by atoms with Gasteiger partial charge in [0.2, 0.25) is 0 Å². The molecule has 0 aromatic heterocycles. The number of unbranched alkanes of at least 4 members (excludes halogenated alkanes) is 12. The SMILES string of the molecule is CCCCCCCC/C=C\CCCCCCCCC(C=S)C(=O)[O-].[CH3][Sn+]([CH3])[CH3]. The van der Waals surface area contributed by atoms with Crippen molar-refractivity contribution in [3.63, 3.8) is 0 Å². The van der Waals surface area contributed by atoms with Crippen LogP contribution in [0.5, 0.6) is 0 Å². The average Bonchev–Trinajstić information content (AvgIpc) is 2.63. The molecule has 0 rings (SSSR count). The minimum absolute atomic E-state index is 0.543. The molecule has 0 heterocycles. The van der Waals surface area contributed by atoms with Gasteiger partial charge in [0.25, 0.3) is 0 Å². The van der Waals surface area contributed by atoms with Crippen molar-refractivity contribution in [2.45, 2.75) is 118 Å². The Bertz CT molecular complexity index is 367. The zero-order chi connectivity index (χ0) is 21.5. The molecule has 0 saturated carbocycles. The molecule has 0 aromatic rings. The molecule has 1 unspecified atom stereocenters. The summed E-state index contributed by atoms with van der Waals surface area (Å²) in [6.07, 6.45) is 23.0. The summed E-state index contributed by atoms with van der Waals surface area (Å²) in [5.74, 6) is -1.57. The van der Waals surface area contributed by atoms with E-state index in [0.29, 0.717) is 6.42 Å². The molecular weight excluding hydrogens is 471 g/mol. The number of carboxylic acid groups (broad SMARTS) is 1. The van der Waals surface area contributed by atoms with Gasteiger partial charge in [-0.05, 0) is 37.5 Å². The van der Waals surface area contributed by atoms with E-state index in [-0.39, 0.29) is 0 Å². The molecule has 0 aromatic carbocycles. The topological polar surface area (TPSA) is 40.1 Å². The van der Waals surface area contributed by atoms with Gasteiger partial charge in [-0.3, -0.25) is 0 Å². The summed E-state index contributed by atoms with van der Waals surface area (Å²) in [5, 5.41) is 12.0. The molecule has 0 spiro atoms. The van der Waals surface area contributed by atoms with Crippen molar-refractivity contribution in [2.75, 3.05) is 0 Å². The van der Waals surface area contributed by atoms with Crippen LogP contribution >= 0.6 is 12.2 Å². The molecule has 164 valence electrons. The van der Waals surface area contributed by atoms with Crippen LogP contribution in [0, 0.1) is 5.92 Å². The van der Waals surface area contributed by atoms with E-state index in [1.165, 1.54) is 82.4 Å². The van der Waals surface area contributed by atoms with E-state index in [1.807, 2.05) is 0 Å². The molecule has 0 aliphatic carbocycles. The Kier molecular flexibility index (Phi) is 27.2. The second kappa shape index (κ2) is 25.1. The molecule has 0 N–H and O–H groups in total. The van der Waals surface area contributed by atoms with Gasteiger partial charge in [-0.25, -0.2) is 0 Å². The van der Waals surface area contributed by atoms with Crippen LogP contribution in [-0.2, 0) is 4.79 Å². The summed E-state index contributed by atoms with van der Waals surface area (Å²) in [5.41, 5.74) is 0. The maximum atomic E-state index is 10.7. The number of carboxylic acids is 1. The third-order valence-electron chi connectivity index (χ3n) is 4.49. The fraction of sp³-hybridized carbons (Fsp3) is 0.833. The van der Waals surface area contributed by atoms with Gasteiger partial charge < -0.3 is 9.90 Å². The Morgan fingerprint density at radius 3 is 1.61 bits per heavy atom. The molecule has 0 aliphatic heterocycles. The van der Waals surface area contributed by atoms with E-state index < -0.39 is 31.6 Å². The Hall–Kier alpha value is 0.0987. The van der Waals surface area contributed by atoms with Crippen LogP contribution in [0.15, 0.2) is 12.2 Å². The Morgan fingerprint density at radius 2 is 1.21 bits per heavy atom. The second-order valence-electron chi connectivity index (χ2n) is 8.29. The number of hydrogen-bond acceptors (Lipinski definition) is 3. The van der Waals surface area contributed by atoms with Crippen LogP contribution in [0.4, 0.5) is 0 Å². The fourth-order valence-corrected chi connectivity index (χ4v) is 3.10. The summed E-state index contributed by atoms with van der Waals surface area (Å²) in [6, 6.07) is 0. The van der Waals surface area contributed by atoms with E-state index in [1.54, 1.807) is 0 Å². The first kappa shape index (κ1) is 30.3.